The number of hydrogen-bond donors (Lipinski definition) is 3. The molecule has 0 spiro atoms. The second-order valence-corrected chi connectivity index (χ2v) is 4.56. The van der Waals surface area contributed by atoms with Gasteiger partial charge in [-0.05, 0) is 18.8 Å². The monoisotopic (exact) mass is 244 g/mol. The fourth-order valence-corrected chi connectivity index (χ4v) is 1.69. The molecule has 0 aromatic heterocycles. The first-order valence-corrected chi connectivity index (χ1v) is 6.83. The number of urea groups is 1. The van der Waals surface area contributed by atoms with Crippen molar-refractivity contribution in [2.75, 3.05) is 13.2 Å². The maximum atomic E-state index is 11.5. The van der Waals surface area contributed by atoms with Crippen LogP contribution in [0.25, 0.3) is 0 Å². The van der Waals surface area contributed by atoms with E-state index >= 15 is 0 Å². The van der Waals surface area contributed by atoms with E-state index in [1.165, 1.54) is 19.3 Å². The van der Waals surface area contributed by atoms with Crippen LogP contribution in [0.5, 0.6) is 0 Å². The Balaban J connectivity index is 3.79. The van der Waals surface area contributed by atoms with Crippen molar-refractivity contribution in [2.24, 2.45) is 5.92 Å². The first-order chi connectivity index (χ1) is 8.17. The number of nitrogens with one attached hydrogen (secondary N) is 2. The van der Waals surface area contributed by atoms with Crippen molar-refractivity contribution in [3.63, 3.8) is 0 Å². The van der Waals surface area contributed by atoms with Gasteiger partial charge in [0.1, 0.15) is 0 Å². The van der Waals surface area contributed by atoms with E-state index in [4.69, 9.17) is 5.11 Å². The summed E-state index contributed by atoms with van der Waals surface area (Å²) >= 11 is 0. The van der Waals surface area contributed by atoms with Crippen LogP contribution in [0.3, 0.4) is 0 Å². The minimum absolute atomic E-state index is 0.00301. The minimum atomic E-state index is -0.166. The van der Waals surface area contributed by atoms with Gasteiger partial charge in [0, 0.05) is 6.54 Å². The molecule has 0 saturated carbocycles. The summed E-state index contributed by atoms with van der Waals surface area (Å²) in [4.78, 5) is 11.5. The molecule has 0 aromatic rings. The van der Waals surface area contributed by atoms with Gasteiger partial charge in [-0.2, -0.15) is 0 Å². The number of hydrogen-bond acceptors (Lipinski definition) is 2. The van der Waals surface area contributed by atoms with Crippen molar-refractivity contribution in [3.8, 4) is 0 Å². The molecule has 0 aromatic carbocycles. The number of carbonyl (C=O) groups is 1. The standard InChI is InChI=1S/C13H28N2O2/c1-4-7-8-11(5-2)9-14-13(17)15-12(6-3)10-16/h11-12,16H,4-10H2,1-3H3,(H2,14,15,17)/t11-,12-/m1/s1. The van der Waals surface area contributed by atoms with Crippen LogP contribution in [0.1, 0.15) is 52.9 Å². The van der Waals surface area contributed by atoms with E-state index in [0.717, 1.165) is 19.4 Å². The number of amides is 2. The van der Waals surface area contributed by atoms with Crippen LogP contribution >= 0.6 is 0 Å². The molecule has 0 fully saturated rings. The maximum absolute atomic E-state index is 11.5. The highest BCUT2D eigenvalue weighted by molar-refractivity contribution is 5.74. The van der Waals surface area contributed by atoms with Crippen molar-refractivity contribution < 1.29 is 9.90 Å². The van der Waals surface area contributed by atoms with Gasteiger partial charge in [-0.1, -0.05) is 40.0 Å². The van der Waals surface area contributed by atoms with Crippen molar-refractivity contribution in [1.29, 1.82) is 0 Å². The van der Waals surface area contributed by atoms with Crippen molar-refractivity contribution >= 4 is 6.03 Å². The highest BCUT2D eigenvalue weighted by atomic mass is 16.3. The molecule has 0 bridgehead atoms. The van der Waals surface area contributed by atoms with Crippen LogP contribution in [0.4, 0.5) is 4.79 Å². The van der Waals surface area contributed by atoms with E-state index in [1.54, 1.807) is 0 Å². The molecule has 0 rings (SSSR count). The zero-order valence-corrected chi connectivity index (χ0v) is 11.5. The predicted octanol–water partition coefficient (Wildman–Crippen LogP) is 2.27. The fraction of sp³-hybridized carbons (Fsp3) is 0.923. The molecule has 0 radical (unpaired) electrons. The van der Waals surface area contributed by atoms with E-state index in [0.29, 0.717) is 5.92 Å². The highest BCUT2D eigenvalue weighted by Crippen LogP contribution is 2.10. The lowest BCUT2D eigenvalue weighted by Crippen LogP contribution is -2.44. The summed E-state index contributed by atoms with van der Waals surface area (Å²) in [6.07, 6.45) is 5.43. The van der Waals surface area contributed by atoms with Crippen LogP contribution < -0.4 is 10.6 Å². The Kier molecular flexibility index (Phi) is 9.92. The lowest BCUT2D eigenvalue weighted by Gasteiger charge is -2.18. The van der Waals surface area contributed by atoms with Crippen LogP contribution in [-0.2, 0) is 0 Å². The van der Waals surface area contributed by atoms with Gasteiger partial charge in [-0.15, -0.1) is 0 Å². The number of carbonyl (C=O) groups excluding carboxylic acids is 1. The Morgan fingerprint density at radius 2 is 1.94 bits per heavy atom. The van der Waals surface area contributed by atoms with Crippen LogP contribution in [-0.4, -0.2) is 30.3 Å². The zero-order chi connectivity index (χ0) is 13.1. The van der Waals surface area contributed by atoms with Gasteiger partial charge in [-0.25, -0.2) is 4.79 Å². The SMILES string of the molecule is CCCC[C@@H](CC)CNC(=O)N[C@H](CC)CO. The number of unbranched alkanes of at least 4 members (excludes halogenated alkanes) is 1. The summed E-state index contributed by atoms with van der Waals surface area (Å²) in [7, 11) is 0. The lowest BCUT2D eigenvalue weighted by atomic mass is 9.99. The molecular formula is C13H28N2O2. The van der Waals surface area contributed by atoms with Crippen LogP contribution in [0.15, 0.2) is 0 Å². The van der Waals surface area contributed by atoms with E-state index in [-0.39, 0.29) is 18.7 Å². The Labute approximate surface area is 105 Å². The Bertz CT molecular complexity index is 194. The van der Waals surface area contributed by atoms with E-state index in [2.05, 4.69) is 24.5 Å². The Morgan fingerprint density at radius 3 is 2.41 bits per heavy atom. The third kappa shape index (κ3) is 8.02. The first kappa shape index (κ1) is 16.2. The summed E-state index contributed by atoms with van der Waals surface area (Å²) < 4.78 is 0. The Morgan fingerprint density at radius 1 is 1.24 bits per heavy atom. The van der Waals surface area contributed by atoms with Gasteiger partial charge >= 0.3 is 6.03 Å². The molecule has 17 heavy (non-hydrogen) atoms. The Hall–Kier alpha value is -0.770. The molecular weight excluding hydrogens is 216 g/mol. The molecule has 0 heterocycles. The fourth-order valence-electron chi connectivity index (χ4n) is 1.69. The first-order valence-electron chi connectivity index (χ1n) is 6.83. The quantitative estimate of drug-likeness (QED) is 0.582. The van der Waals surface area contributed by atoms with Gasteiger partial charge in [0.2, 0.25) is 0 Å². The molecule has 2 atom stereocenters. The molecule has 0 aliphatic carbocycles. The van der Waals surface area contributed by atoms with Gasteiger partial charge in [0.15, 0.2) is 0 Å². The summed E-state index contributed by atoms with van der Waals surface area (Å²) in [5, 5.41) is 14.6. The topological polar surface area (TPSA) is 61.4 Å². The second-order valence-electron chi connectivity index (χ2n) is 4.56. The van der Waals surface area contributed by atoms with Gasteiger partial charge in [0.25, 0.3) is 0 Å². The average Bonchev–Trinajstić information content (AvgIpc) is 2.36. The van der Waals surface area contributed by atoms with Crippen molar-refractivity contribution in [2.45, 2.75) is 58.9 Å². The third-order valence-corrected chi connectivity index (χ3v) is 3.14. The molecule has 3 N–H and O–H groups in total. The summed E-state index contributed by atoms with van der Waals surface area (Å²) in [5.41, 5.74) is 0. The molecule has 2 amide bonds. The predicted molar refractivity (Wildman–Crippen MR) is 71.0 cm³/mol. The molecule has 4 heteroatoms. The largest absolute Gasteiger partial charge is 0.394 e. The average molecular weight is 244 g/mol. The number of aliphatic hydroxyl groups is 1. The van der Waals surface area contributed by atoms with Crippen LogP contribution in [0.2, 0.25) is 0 Å². The van der Waals surface area contributed by atoms with Gasteiger partial charge in [0.05, 0.1) is 12.6 Å². The van der Waals surface area contributed by atoms with Gasteiger partial charge in [-0.3, -0.25) is 0 Å². The minimum Gasteiger partial charge on any atom is -0.394 e. The third-order valence-electron chi connectivity index (χ3n) is 3.14. The number of aliphatic hydroxyl groups excluding tert-OH is 1. The number of rotatable bonds is 9. The normalized spacial score (nSPS) is 14.1. The lowest BCUT2D eigenvalue weighted by molar-refractivity contribution is 0.213. The molecule has 0 aliphatic rings. The maximum Gasteiger partial charge on any atom is 0.315 e. The van der Waals surface area contributed by atoms with Crippen molar-refractivity contribution in [1.82, 2.24) is 10.6 Å². The molecule has 0 unspecified atom stereocenters. The highest BCUT2D eigenvalue weighted by Gasteiger charge is 2.11. The van der Waals surface area contributed by atoms with E-state index < -0.39 is 0 Å². The summed E-state index contributed by atoms with van der Waals surface area (Å²) in [5.74, 6) is 0.565. The van der Waals surface area contributed by atoms with Crippen LogP contribution in [0, 0.1) is 5.92 Å². The smallest absolute Gasteiger partial charge is 0.315 e. The van der Waals surface area contributed by atoms with Crippen molar-refractivity contribution in [3.05, 3.63) is 0 Å². The zero-order valence-electron chi connectivity index (χ0n) is 11.5. The van der Waals surface area contributed by atoms with E-state index in [9.17, 15) is 4.79 Å². The second kappa shape index (κ2) is 10.4. The summed E-state index contributed by atoms with van der Waals surface area (Å²) in [6, 6.07) is -0.299. The molecule has 0 saturated heterocycles. The molecule has 0 aliphatic heterocycles. The van der Waals surface area contributed by atoms with Gasteiger partial charge < -0.3 is 15.7 Å². The summed E-state index contributed by atoms with van der Waals surface area (Å²) in [6.45, 7) is 7.00. The molecule has 102 valence electrons. The van der Waals surface area contributed by atoms with E-state index in [1.807, 2.05) is 6.92 Å². The molecule has 4 nitrogen and oxygen atoms in total.